The average molecular weight is 429 g/mol. The first-order chi connectivity index (χ1) is 12.9. The van der Waals surface area contributed by atoms with Gasteiger partial charge >= 0.3 is 11.7 Å². The van der Waals surface area contributed by atoms with Crippen LogP contribution in [-0.4, -0.2) is 61.8 Å². The standard InChI is InChI=1S/C18H27ClN3O5Si/c1-7-8-26-17(25)14(22-20)15(23)12(19)13-11(16(24)21-13)10(18(2,3)4)9-27-28(5)6/h7,10-13H,1,8-9H2,2-6H3,(H,21,24)/t10-,11+,12+,13+/m1/s1. The zero-order valence-corrected chi connectivity index (χ0v) is 18.6. The number of β-lactam (4-membered cyclic amide) rings is 1. The number of rotatable bonds is 10. The molecule has 10 heteroatoms. The van der Waals surface area contributed by atoms with Crippen molar-refractivity contribution in [3.8, 4) is 0 Å². The van der Waals surface area contributed by atoms with Crippen molar-refractivity contribution in [1.82, 2.24) is 5.32 Å². The van der Waals surface area contributed by atoms with Gasteiger partial charge in [-0.2, -0.15) is 4.79 Å². The monoisotopic (exact) mass is 428 g/mol. The van der Waals surface area contributed by atoms with Gasteiger partial charge in [-0.1, -0.05) is 33.4 Å². The van der Waals surface area contributed by atoms with E-state index in [0.717, 1.165) is 0 Å². The fourth-order valence-corrected chi connectivity index (χ4v) is 3.78. The van der Waals surface area contributed by atoms with Crippen molar-refractivity contribution in [2.75, 3.05) is 13.2 Å². The molecule has 1 fully saturated rings. The van der Waals surface area contributed by atoms with Crippen molar-refractivity contribution in [3.63, 3.8) is 0 Å². The van der Waals surface area contributed by atoms with E-state index in [2.05, 4.69) is 16.7 Å². The van der Waals surface area contributed by atoms with Crippen LogP contribution in [0.25, 0.3) is 5.53 Å². The topological polar surface area (TPSA) is 118 Å². The number of Topliss-reactive ketones (excluding diaryl/α,β-unsaturated/α-hetero) is 1. The van der Waals surface area contributed by atoms with Crippen LogP contribution in [0.15, 0.2) is 12.7 Å². The number of nitrogens with one attached hydrogen (secondary N) is 1. The molecule has 0 aliphatic carbocycles. The smallest absolute Gasteiger partial charge is 0.443 e. The lowest BCUT2D eigenvalue weighted by Gasteiger charge is -2.47. The number of halogens is 1. The van der Waals surface area contributed by atoms with Gasteiger partial charge < -0.3 is 20.0 Å². The van der Waals surface area contributed by atoms with Crippen LogP contribution in [0.3, 0.4) is 0 Å². The summed E-state index contributed by atoms with van der Waals surface area (Å²) in [6.45, 7) is 13.5. The second kappa shape index (κ2) is 10.1. The maximum atomic E-state index is 12.6. The Morgan fingerprint density at radius 1 is 1.43 bits per heavy atom. The van der Waals surface area contributed by atoms with E-state index in [0.29, 0.717) is 6.61 Å². The van der Waals surface area contributed by atoms with Gasteiger partial charge in [0.05, 0.1) is 12.0 Å². The molecule has 1 amide bonds. The number of esters is 1. The molecular formula is C18H27ClN3O5Si. The van der Waals surface area contributed by atoms with Gasteiger partial charge in [0.25, 0.3) is 5.78 Å². The lowest BCUT2D eigenvalue weighted by molar-refractivity contribution is -0.144. The third-order valence-corrected chi connectivity index (χ3v) is 5.73. The third-order valence-electron chi connectivity index (χ3n) is 4.52. The molecule has 0 spiro atoms. The van der Waals surface area contributed by atoms with Crippen molar-refractivity contribution in [1.29, 1.82) is 0 Å². The van der Waals surface area contributed by atoms with E-state index in [1.807, 2.05) is 33.9 Å². The number of ketones is 1. The Morgan fingerprint density at radius 2 is 2.04 bits per heavy atom. The normalized spacial score (nSPS) is 21.0. The molecule has 0 aromatic carbocycles. The molecule has 1 aliphatic heterocycles. The molecule has 0 aromatic rings. The summed E-state index contributed by atoms with van der Waals surface area (Å²) in [6.07, 6.45) is 1.31. The molecule has 28 heavy (non-hydrogen) atoms. The molecule has 0 bridgehead atoms. The number of alkyl halides is 1. The molecule has 1 rings (SSSR count). The number of carbonyl (C=O) groups is 3. The van der Waals surface area contributed by atoms with Crippen molar-refractivity contribution in [3.05, 3.63) is 18.2 Å². The first kappa shape index (κ1) is 24.2. The summed E-state index contributed by atoms with van der Waals surface area (Å²) in [6, 6.07) is -0.720. The largest absolute Gasteiger partial charge is 0.453 e. The highest BCUT2D eigenvalue weighted by Crippen LogP contribution is 2.39. The van der Waals surface area contributed by atoms with E-state index < -0.39 is 43.8 Å². The molecule has 1 saturated heterocycles. The second-order valence-corrected chi connectivity index (χ2v) is 10.4. The van der Waals surface area contributed by atoms with Gasteiger partial charge in [0.1, 0.15) is 12.0 Å². The van der Waals surface area contributed by atoms with Gasteiger partial charge in [0.2, 0.25) is 14.9 Å². The SMILES string of the molecule is C=CCOC(=O)C(=[N+]=[N-])C(=O)[C@@H](Cl)[C@H]1NC(=O)[C@H]1[C@@H](CO[Si](C)C)C(C)(C)C. The van der Waals surface area contributed by atoms with Crippen LogP contribution in [0.4, 0.5) is 0 Å². The summed E-state index contributed by atoms with van der Waals surface area (Å²) in [5, 5.41) is 1.34. The number of carbonyl (C=O) groups excluding carboxylic acids is 3. The van der Waals surface area contributed by atoms with Crippen molar-refractivity contribution in [2.45, 2.75) is 45.3 Å². The Hall–Kier alpha value is -1.80. The van der Waals surface area contributed by atoms with E-state index in [1.165, 1.54) is 6.08 Å². The predicted molar refractivity (Wildman–Crippen MR) is 106 cm³/mol. The van der Waals surface area contributed by atoms with Crippen LogP contribution in [0.2, 0.25) is 13.1 Å². The zero-order valence-electron chi connectivity index (χ0n) is 16.8. The minimum Gasteiger partial charge on any atom is -0.453 e. The number of nitrogens with zero attached hydrogens (tertiary/aromatic N) is 2. The Balaban J connectivity index is 3.02. The molecular weight excluding hydrogens is 402 g/mol. The summed E-state index contributed by atoms with van der Waals surface area (Å²) in [5.41, 5.74) is 7.96. The first-order valence-corrected chi connectivity index (χ1v) is 11.7. The second-order valence-electron chi connectivity index (χ2n) is 7.85. The summed E-state index contributed by atoms with van der Waals surface area (Å²) < 4.78 is 10.6. The Bertz CT molecular complexity index is 685. The van der Waals surface area contributed by atoms with Crippen LogP contribution < -0.4 is 5.32 Å². The van der Waals surface area contributed by atoms with Gasteiger partial charge in [-0.05, 0) is 24.4 Å². The molecule has 155 valence electrons. The number of hydrogen-bond donors (Lipinski definition) is 1. The molecule has 0 unspecified atom stereocenters. The molecule has 1 heterocycles. The van der Waals surface area contributed by atoms with Crippen LogP contribution in [-0.2, 0) is 23.5 Å². The fraction of sp³-hybridized carbons (Fsp3) is 0.667. The van der Waals surface area contributed by atoms with Gasteiger partial charge in [-0.3, -0.25) is 9.59 Å². The van der Waals surface area contributed by atoms with E-state index in [4.69, 9.17) is 26.3 Å². The zero-order chi connectivity index (χ0) is 21.6. The van der Waals surface area contributed by atoms with Gasteiger partial charge in [0, 0.05) is 6.61 Å². The van der Waals surface area contributed by atoms with Gasteiger partial charge in [-0.25, -0.2) is 4.79 Å². The number of ether oxygens (including phenoxy) is 1. The van der Waals surface area contributed by atoms with E-state index in [9.17, 15) is 14.4 Å². The molecule has 1 N–H and O–H groups in total. The van der Waals surface area contributed by atoms with Crippen LogP contribution >= 0.6 is 11.6 Å². The molecule has 4 atom stereocenters. The first-order valence-electron chi connectivity index (χ1n) is 8.87. The van der Waals surface area contributed by atoms with E-state index in [-0.39, 0.29) is 23.8 Å². The highest BCUT2D eigenvalue weighted by atomic mass is 35.5. The van der Waals surface area contributed by atoms with Crippen molar-refractivity contribution >= 4 is 44.0 Å². The number of amides is 1. The van der Waals surface area contributed by atoms with E-state index in [1.54, 1.807) is 0 Å². The Morgan fingerprint density at radius 3 is 2.46 bits per heavy atom. The minimum atomic E-state index is -1.29. The van der Waals surface area contributed by atoms with Gasteiger partial charge in [-0.15, -0.1) is 11.6 Å². The quantitative estimate of drug-likeness (QED) is 0.0652. The highest BCUT2D eigenvalue weighted by Gasteiger charge is 2.54. The minimum absolute atomic E-state index is 0.150. The third kappa shape index (κ3) is 5.85. The molecule has 8 nitrogen and oxygen atoms in total. The van der Waals surface area contributed by atoms with E-state index >= 15 is 0 Å². The summed E-state index contributed by atoms with van der Waals surface area (Å²) >= 11 is 6.28. The fourth-order valence-electron chi connectivity index (χ4n) is 2.94. The lowest BCUT2D eigenvalue weighted by Crippen LogP contribution is -2.68. The maximum absolute atomic E-state index is 12.6. The molecule has 1 aliphatic rings. The van der Waals surface area contributed by atoms with Gasteiger partial charge in [0.15, 0.2) is 0 Å². The van der Waals surface area contributed by atoms with Crippen LogP contribution in [0.1, 0.15) is 20.8 Å². The summed E-state index contributed by atoms with van der Waals surface area (Å²) in [7, 11) is -0.967. The number of hydrogen-bond acceptors (Lipinski definition) is 5. The Labute approximate surface area is 171 Å². The van der Waals surface area contributed by atoms with Crippen molar-refractivity contribution < 1.29 is 28.3 Å². The average Bonchev–Trinajstić information content (AvgIpc) is 2.59. The molecule has 0 aromatic heterocycles. The molecule has 1 radical (unpaired) electrons. The maximum Gasteiger partial charge on any atom is 0.443 e. The Kier molecular flexibility index (Phi) is 8.75. The highest BCUT2D eigenvalue weighted by molar-refractivity contribution is 6.67. The molecule has 0 saturated carbocycles. The van der Waals surface area contributed by atoms with Crippen LogP contribution in [0, 0.1) is 17.3 Å². The lowest BCUT2D eigenvalue weighted by atomic mass is 9.66. The predicted octanol–water partition coefficient (Wildman–Crippen LogP) is 1.61. The summed E-state index contributed by atoms with van der Waals surface area (Å²) in [5.74, 6) is -3.03. The van der Waals surface area contributed by atoms with Crippen LogP contribution in [0.5, 0.6) is 0 Å². The van der Waals surface area contributed by atoms with Crippen molar-refractivity contribution in [2.24, 2.45) is 17.3 Å². The summed E-state index contributed by atoms with van der Waals surface area (Å²) in [4.78, 5) is 39.5.